The number of carbonyl (C=O) groups is 2. The van der Waals surface area contributed by atoms with E-state index in [0.717, 1.165) is 0 Å². The molecule has 0 radical (unpaired) electrons. The Kier molecular flexibility index (Phi) is 7.17. The molecule has 1 amide bonds. The van der Waals surface area contributed by atoms with Crippen molar-refractivity contribution >= 4 is 27.6 Å². The van der Waals surface area contributed by atoms with Crippen molar-refractivity contribution in [3.05, 3.63) is 60.2 Å². The average molecular weight is 404 g/mol. The van der Waals surface area contributed by atoms with E-state index in [1.54, 1.807) is 18.2 Å². The Bertz CT molecular complexity index is 927. The van der Waals surface area contributed by atoms with Gasteiger partial charge in [-0.15, -0.1) is 0 Å². The zero-order valence-electron chi connectivity index (χ0n) is 16.0. The summed E-state index contributed by atoms with van der Waals surface area (Å²) in [6, 6.07) is 13.7. The van der Waals surface area contributed by atoms with Crippen LogP contribution < -0.4 is 10.0 Å². The molecule has 2 N–H and O–H groups in total. The lowest BCUT2D eigenvalue weighted by atomic mass is 10.1. The molecule has 0 heterocycles. The van der Waals surface area contributed by atoms with Gasteiger partial charge >= 0.3 is 5.97 Å². The number of anilines is 1. The third kappa shape index (κ3) is 6.09. The van der Waals surface area contributed by atoms with Crippen molar-refractivity contribution in [2.75, 3.05) is 11.3 Å². The van der Waals surface area contributed by atoms with Crippen LogP contribution >= 0.6 is 0 Å². The van der Waals surface area contributed by atoms with Crippen LogP contribution in [-0.4, -0.2) is 32.9 Å². The Balaban J connectivity index is 2.00. The van der Waals surface area contributed by atoms with Gasteiger partial charge in [-0.05, 0) is 43.2 Å². The third-order valence-electron chi connectivity index (χ3n) is 4.13. The van der Waals surface area contributed by atoms with Crippen molar-refractivity contribution in [1.29, 1.82) is 0 Å². The number of hydrogen-bond donors (Lipinski definition) is 2. The lowest BCUT2D eigenvalue weighted by Crippen LogP contribution is -2.38. The van der Waals surface area contributed by atoms with Gasteiger partial charge in [0.25, 0.3) is 15.9 Å². The first-order valence-corrected chi connectivity index (χ1v) is 10.3. The van der Waals surface area contributed by atoms with E-state index in [0.29, 0.717) is 0 Å². The van der Waals surface area contributed by atoms with E-state index < -0.39 is 28.5 Å². The van der Waals surface area contributed by atoms with E-state index in [-0.39, 0.29) is 28.1 Å². The SMILES string of the molecule is CC(C)C(C)NC(=O)COC(=O)c1cccc(NS(=O)(=O)c2ccccc2)c1. The molecule has 0 aromatic heterocycles. The Labute approximate surface area is 165 Å². The normalized spacial score (nSPS) is 12.3. The highest BCUT2D eigenvalue weighted by atomic mass is 32.2. The Morgan fingerprint density at radius 3 is 2.32 bits per heavy atom. The Morgan fingerprint density at radius 1 is 1.00 bits per heavy atom. The van der Waals surface area contributed by atoms with Gasteiger partial charge in [-0.25, -0.2) is 13.2 Å². The van der Waals surface area contributed by atoms with Crippen LogP contribution in [-0.2, 0) is 19.6 Å². The van der Waals surface area contributed by atoms with Crippen molar-refractivity contribution in [1.82, 2.24) is 5.32 Å². The van der Waals surface area contributed by atoms with Gasteiger partial charge in [0.05, 0.1) is 10.5 Å². The van der Waals surface area contributed by atoms with Crippen LogP contribution in [0.1, 0.15) is 31.1 Å². The maximum Gasteiger partial charge on any atom is 0.338 e. The van der Waals surface area contributed by atoms with Crippen molar-refractivity contribution in [3.8, 4) is 0 Å². The quantitative estimate of drug-likeness (QED) is 0.659. The van der Waals surface area contributed by atoms with Crippen LogP contribution in [0.15, 0.2) is 59.5 Å². The van der Waals surface area contributed by atoms with E-state index in [4.69, 9.17) is 4.74 Å². The molecule has 7 nitrogen and oxygen atoms in total. The van der Waals surface area contributed by atoms with Gasteiger partial charge in [-0.1, -0.05) is 38.1 Å². The minimum Gasteiger partial charge on any atom is -0.452 e. The molecule has 0 bridgehead atoms. The number of sulfonamides is 1. The minimum absolute atomic E-state index is 0.0399. The van der Waals surface area contributed by atoms with Gasteiger partial charge in [-0.3, -0.25) is 9.52 Å². The number of carbonyl (C=O) groups excluding carboxylic acids is 2. The highest BCUT2D eigenvalue weighted by Crippen LogP contribution is 2.17. The number of ether oxygens (including phenoxy) is 1. The van der Waals surface area contributed by atoms with Crippen LogP contribution in [0.2, 0.25) is 0 Å². The summed E-state index contributed by atoms with van der Waals surface area (Å²) in [7, 11) is -3.77. The topological polar surface area (TPSA) is 102 Å². The molecule has 0 saturated carbocycles. The van der Waals surface area contributed by atoms with Crippen LogP contribution in [0, 0.1) is 5.92 Å². The Hall–Kier alpha value is -2.87. The van der Waals surface area contributed by atoms with Crippen molar-refractivity contribution in [3.63, 3.8) is 0 Å². The van der Waals surface area contributed by atoms with Crippen LogP contribution in [0.3, 0.4) is 0 Å². The predicted molar refractivity (Wildman–Crippen MR) is 106 cm³/mol. The summed E-state index contributed by atoms with van der Waals surface area (Å²) >= 11 is 0. The lowest BCUT2D eigenvalue weighted by Gasteiger charge is -2.17. The van der Waals surface area contributed by atoms with Gasteiger partial charge in [0.2, 0.25) is 0 Å². The summed E-state index contributed by atoms with van der Waals surface area (Å²) in [5, 5.41) is 2.74. The molecule has 0 aliphatic heterocycles. The smallest absolute Gasteiger partial charge is 0.338 e. The average Bonchev–Trinajstić information content (AvgIpc) is 2.66. The zero-order valence-corrected chi connectivity index (χ0v) is 16.8. The van der Waals surface area contributed by atoms with Gasteiger partial charge < -0.3 is 10.1 Å². The second-order valence-electron chi connectivity index (χ2n) is 6.68. The Morgan fingerprint density at radius 2 is 1.68 bits per heavy atom. The lowest BCUT2D eigenvalue weighted by molar-refractivity contribution is -0.125. The molecule has 2 aromatic rings. The summed E-state index contributed by atoms with van der Waals surface area (Å²) in [6.45, 7) is 5.40. The molecule has 28 heavy (non-hydrogen) atoms. The van der Waals surface area contributed by atoms with Crippen LogP contribution in [0.5, 0.6) is 0 Å². The minimum atomic E-state index is -3.77. The van der Waals surface area contributed by atoms with E-state index in [1.165, 1.54) is 36.4 Å². The third-order valence-corrected chi connectivity index (χ3v) is 5.52. The molecule has 0 spiro atoms. The molecule has 0 aliphatic rings. The van der Waals surface area contributed by atoms with Gasteiger partial charge in [-0.2, -0.15) is 0 Å². The first kappa shape index (κ1) is 21.4. The molecule has 2 rings (SSSR count). The number of amides is 1. The molecule has 0 aliphatic carbocycles. The van der Waals surface area contributed by atoms with Crippen molar-refractivity contribution in [2.24, 2.45) is 5.92 Å². The number of nitrogens with one attached hydrogen (secondary N) is 2. The second-order valence-corrected chi connectivity index (χ2v) is 8.36. The molecule has 0 fully saturated rings. The highest BCUT2D eigenvalue weighted by molar-refractivity contribution is 7.92. The van der Waals surface area contributed by atoms with Gasteiger partial charge in [0.1, 0.15) is 0 Å². The second kappa shape index (κ2) is 9.36. The maximum absolute atomic E-state index is 12.4. The molecular weight excluding hydrogens is 380 g/mol. The van der Waals surface area contributed by atoms with Crippen molar-refractivity contribution in [2.45, 2.75) is 31.7 Å². The molecule has 8 heteroatoms. The number of esters is 1. The molecule has 1 atom stereocenters. The zero-order chi connectivity index (χ0) is 20.7. The molecule has 150 valence electrons. The number of benzene rings is 2. The summed E-state index contributed by atoms with van der Waals surface area (Å²) < 4.78 is 32.2. The monoisotopic (exact) mass is 404 g/mol. The fourth-order valence-electron chi connectivity index (χ4n) is 2.20. The summed E-state index contributed by atoms with van der Waals surface area (Å²) in [5.41, 5.74) is 0.356. The van der Waals surface area contributed by atoms with E-state index in [2.05, 4.69) is 10.0 Å². The van der Waals surface area contributed by atoms with E-state index >= 15 is 0 Å². The molecule has 0 saturated heterocycles. The van der Waals surface area contributed by atoms with Crippen molar-refractivity contribution < 1.29 is 22.7 Å². The number of rotatable bonds is 8. The van der Waals surface area contributed by atoms with E-state index in [9.17, 15) is 18.0 Å². The predicted octanol–water partition coefficient (Wildman–Crippen LogP) is 2.80. The summed E-state index contributed by atoms with van der Waals surface area (Å²) in [4.78, 5) is 24.1. The van der Waals surface area contributed by atoms with Crippen LogP contribution in [0.25, 0.3) is 0 Å². The van der Waals surface area contributed by atoms with Gasteiger partial charge in [0.15, 0.2) is 6.61 Å². The number of hydrogen-bond acceptors (Lipinski definition) is 5. The fourth-order valence-corrected chi connectivity index (χ4v) is 3.27. The molecule has 1 unspecified atom stereocenters. The summed E-state index contributed by atoms with van der Waals surface area (Å²) in [6.07, 6.45) is 0. The van der Waals surface area contributed by atoms with E-state index in [1.807, 2.05) is 20.8 Å². The largest absolute Gasteiger partial charge is 0.452 e. The maximum atomic E-state index is 12.4. The molecule has 2 aromatic carbocycles. The highest BCUT2D eigenvalue weighted by Gasteiger charge is 2.16. The van der Waals surface area contributed by atoms with Gasteiger partial charge in [0, 0.05) is 11.7 Å². The first-order chi connectivity index (χ1) is 13.2. The first-order valence-electron chi connectivity index (χ1n) is 8.83. The molecular formula is C20H24N2O5S. The summed E-state index contributed by atoms with van der Waals surface area (Å²) in [5.74, 6) is -0.849. The van der Waals surface area contributed by atoms with Crippen LogP contribution in [0.4, 0.5) is 5.69 Å². The standard InChI is InChI=1S/C20H24N2O5S/c1-14(2)15(3)21-19(23)13-27-20(24)16-8-7-9-17(12-16)22-28(25,26)18-10-5-4-6-11-18/h4-12,14-15,22H,13H2,1-3H3,(H,21,23). The fraction of sp³-hybridized carbons (Fsp3) is 0.300.